The number of rotatable bonds is 7. The fraction of sp³-hybridized carbons (Fsp3) is 0.692. The second-order valence-electron chi connectivity index (χ2n) is 4.33. The van der Waals surface area contributed by atoms with Gasteiger partial charge in [0.2, 0.25) is 0 Å². The predicted molar refractivity (Wildman–Crippen MR) is 74.2 cm³/mol. The number of aryl methyl sites for hydroxylation is 1. The monoisotopic (exact) mass is 240 g/mol. The molecule has 0 aliphatic heterocycles. The summed E-state index contributed by atoms with van der Waals surface area (Å²) in [6.07, 6.45) is 4.77. The lowest BCUT2D eigenvalue weighted by molar-refractivity contribution is 0.641. The Hall–Kier alpha value is -0.410. The average molecular weight is 240 g/mol. The van der Waals surface area contributed by atoms with Gasteiger partial charge in [-0.3, -0.25) is 0 Å². The van der Waals surface area contributed by atoms with Gasteiger partial charge in [-0.2, -0.15) is 11.8 Å². The van der Waals surface area contributed by atoms with E-state index in [1.54, 1.807) is 0 Å². The van der Waals surface area contributed by atoms with Crippen LogP contribution in [0, 0.1) is 13.8 Å². The molecule has 1 rings (SSSR count). The Kier molecular flexibility index (Phi) is 5.99. The molecule has 0 spiro atoms. The third-order valence-electron chi connectivity index (χ3n) is 3.15. The van der Waals surface area contributed by atoms with Crippen LogP contribution >= 0.6 is 11.8 Å². The first-order valence-electron chi connectivity index (χ1n) is 5.98. The van der Waals surface area contributed by atoms with Gasteiger partial charge in [0.15, 0.2) is 0 Å². The molecule has 3 heteroatoms. The number of nitrogens with zero attached hydrogens (tertiary/aromatic N) is 1. The van der Waals surface area contributed by atoms with Crippen LogP contribution < -0.4 is 5.32 Å². The summed E-state index contributed by atoms with van der Waals surface area (Å²) in [4.78, 5) is 0. The Morgan fingerprint density at radius 2 is 2.06 bits per heavy atom. The largest absolute Gasteiger partial charge is 0.352 e. The Morgan fingerprint density at radius 3 is 2.62 bits per heavy atom. The lowest BCUT2D eigenvalue weighted by Crippen LogP contribution is -2.15. The van der Waals surface area contributed by atoms with Crippen LogP contribution in [0.1, 0.15) is 29.8 Å². The highest BCUT2D eigenvalue weighted by atomic mass is 32.2. The first-order chi connectivity index (χ1) is 7.66. The van der Waals surface area contributed by atoms with Gasteiger partial charge in [-0.25, -0.2) is 0 Å². The van der Waals surface area contributed by atoms with Crippen molar-refractivity contribution >= 4 is 11.8 Å². The van der Waals surface area contributed by atoms with Crippen LogP contribution in [0.5, 0.6) is 0 Å². The summed E-state index contributed by atoms with van der Waals surface area (Å²) in [5, 5.41) is 3.52. The van der Waals surface area contributed by atoms with Crippen molar-refractivity contribution in [2.75, 3.05) is 18.6 Å². The van der Waals surface area contributed by atoms with Crippen LogP contribution in [0.15, 0.2) is 6.07 Å². The van der Waals surface area contributed by atoms with Crippen molar-refractivity contribution in [3.63, 3.8) is 0 Å². The van der Waals surface area contributed by atoms with Gasteiger partial charge in [0.1, 0.15) is 0 Å². The smallest absolute Gasteiger partial charge is 0.0223 e. The molecule has 1 N–H and O–H groups in total. The van der Waals surface area contributed by atoms with Crippen LogP contribution in [0.2, 0.25) is 0 Å². The minimum Gasteiger partial charge on any atom is -0.352 e. The molecule has 0 saturated carbocycles. The molecule has 0 aliphatic carbocycles. The molecule has 92 valence electrons. The first kappa shape index (κ1) is 13.7. The van der Waals surface area contributed by atoms with Crippen LogP contribution in [-0.2, 0) is 13.6 Å². The lowest BCUT2D eigenvalue weighted by atomic mass is 10.2. The van der Waals surface area contributed by atoms with Gasteiger partial charge >= 0.3 is 0 Å². The van der Waals surface area contributed by atoms with Crippen molar-refractivity contribution in [1.82, 2.24) is 9.88 Å². The summed E-state index contributed by atoms with van der Waals surface area (Å²) in [6.45, 7) is 6.49. The standard InChI is InChI=1S/C13H24N2S/c1-11-9-13(12(2)15(11)3)10-14-7-5-6-8-16-4/h9,14H,5-8,10H2,1-4H3. The molecule has 1 heterocycles. The van der Waals surface area contributed by atoms with E-state index in [1.165, 1.54) is 35.5 Å². The molecule has 0 aromatic carbocycles. The summed E-state index contributed by atoms with van der Waals surface area (Å²) in [5.74, 6) is 1.28. The zero-order valence-electron chi connectivity index (χ0n) is 11.0. The molecule has 16 heavy (non-hydrogen) atoms. The van der Waals surface area contributed by atoms with E-state index in [0.717, 1.165) is 13.1 Å². The molecule has 1 aromatic heterocycles. The van der Waals surface area contributed by atoms with Gasteiger partial charge in [-0.05, 0) is 56.9 Å². The number of hydrogen-bond acceptors (Lipinski definition) is 2. The van der Waals surface area contributed by atoms with Crippen molar-refractivity contribution in [2.24, 2.45) is 7.05 Å². The molecule has 0 atom stereocenters. The van der Waals surface area contributed by atoms with Gasteiger partial charge < -0.3 is 9.88 Å². The molecule has 0 aliphatic rings. The first-order valence-corrected chi connectivity index (χ1v) is 7.37. The minimum absolute atomic E-state index is 1.01. The van der Waals surface area contributed by atoms with Crippen molar-refractivity contribution in [1.29, 1.82) is 0 Å². The zero-order valence-corrected chi connectivity index (χ0v) is 11.8. The third kappa shape index (κ3) is 3.87. The Morgan fingerprint density at radius 1 is 1.31 bits per heavy atom. The van der Waals surface area contributed by atoms with Crippen molar-refractivity contribution in [3.8, 4) is 0 Å². The molecule has 2 nitrogen and oxygen atoms in total. The minimum atomic E-state index is 1.01. The molecule has 0 unspecified atom stereocenters. The van der Waals surface area contributed by atoms with E-state index in [4.69, 9.17) is 0 Å². The van der Waals surface area contributed by atoms with Crippen LogP contribution in [-0.4, -0.2) is 23.1 Å². The van der Waals surface area contributed by atoms with Crippen LogP contribution in [0.4, 0.5) is 0 Å². The highest BCUT2D eigenvalue weighted by molar-refractivity contribution is 7.98. The number of thioether (sulfide) groups is 1. The van der Waals surface area contributed by atoms with Gasteiger partial charge in [-0.1, -0.05) is 0 Å². The molecular formula is C13H24N2S. The van der Waals surface area contributed by atoms with E-state index in [2.05, 4.69) is 43.1 Å². The quantitative estimate of drug-likeness (QED) is 0.738. The Labute approximate surface area is 104 Å². The van der Waals surface area contributed by atoms with E-state index in [1.807, 2.05) is 11.8 Å². The summed E-state index contributed by atoms with van der Waals surface area (Å²) in [5.41, 5.74) is 4.16. The maximum atomic E-state index is 3.52. The summed E-state index contributed by atoms with van der Waals surface area (Å²) < 4.78 is 2.25. The normalized spacial score (nSPS) is 11.0. The number of unbranched alkanes of at least 4 members (excludes halogenated alkanes) is 1. The molecule has 0 fully saturated rings. The van der Waals surface area contributed by atoms with Crippen molar-refractivity contribution in [3.05, 3.63) is 23.0 Å². The summed E-state index contributed by atoms with van der Waals surface area (Å²) in [6, 6.07) is 2.28. The van der Waals surface area contributed by atoms with Crippen LogP contribution in [0.3, 0.4) is 0 Å². The predicted octanol–water partition coefficient (Wildman–Crippen LogP) is 2.87. The zero-order chi connectivity index (χ0) is 12.0. The SMILES string of the molecule is CSCCCCNCc1cc(C)n(C)c1C. The summed E-state index contributed by atoms with van der Waals surface area (Å²) >= 11 is 1.93. The number of aromatic nitrogens is 1. The average Bonchev–Trinajstić information content (AvgIpc) is 2.51. The van der Waals surface area contributed by atoms with Gasteiger partial charge in [0.05, 0.1) is 0 Å². The van der Waals surface area contributed by atoms with Gasteiger partial charge in [0.25, 0.3) is 0 Å². The van der Waals surface area contributed by atoms with Crippen LogP contribution in [0.25, 0.3) is 0 Å². The molecule has 0 bridgehead atoms. The number of hydrogen-bond donors (Lipinski definition) is 1. The van der Waals surface area contributed by atoms with E-state index >= 15 is 0 Å². The number of nitrogens with one attached hydrogen (secondary N) is 1. The fourth-order valence-corrected chi connectivity index (χ4v) is 2.32. The fourth-order valence-electron chi connectivity index (χ4n) is 1.83. The van der Waals surface area contributed by atoms with Gasteiger partial charge in [0, 0.05) is 25.0 Å². The highest BCUT2D eigenvalue weighted by Gasteiger charge is 2.04. The maximum absolute atomic E-state index is 3.52. The maximum Gasteiger partial charge on any atom is 0.0223 e. The second kappa shape index (κ2) is 7.02. The summed E-state index contributed by atoms with van der Waals surface area (Å²) in [7, 11) is 2.13. The molecule has 0 radical (unpaired) electrons. The second-order valence-corrected chi connectivity index (χ2v) is 5.32. The van der Waals surface area contributed by atoms with E-state index in [0.29, 0.717) is 0 Å². The molecule has 0 amide bonds. The van der Waals surface area contributed by atoms with E-state index in [-0.39, 0.29) is 0 Å². The van der Waals surface area contributed by atoms with Crippen molar-refractivity contribution in [2.45, 2.75) is 33.2 Å². The Bertz CT molecular complexity index is 318. The van der Waals surface area contributed by atoms with E-state index < -0.39 is 0 Å². The topological polar surface area (TPSA) is 17.0 Å². The molecule has 1 aromatic rings. The van der Waals surface area contributed by atoms with Crippen molar-refractivity contribution < 1.29 is 0 Å². The highest BCUT2D eigenvalue weighted by Crippen LogP contribution is 2.12. The third-order valence-corrected chi connectivity index (χ3v) is 3.84. The van der Waals surface area contributed by atoms with E-state index in [9.17, 15) is 0 Å². The molecule has 0 saturated heterocycles. The Balaban J connectivity index is 2.24. The lowest BCUT2D eigenvalue weighted by Gasteiger charge is -2.05. The molecular weight excluding hydrogens is 216 g/mol. The van der Waals surface area contributed by atoms with Gasteiger partial charge in [-0.15, -0.1) is 0 Å².